The maximum atomic E-state index is 11.9. The molecular weight excluding hydrogens is 226 g/mol. The largest absolute Gasteiger partial charge is 0.363 e. The molecule has 1 aromatic carbocycles. The molecule has 0 saturated heterocycles. The summed E-state index contributed by atoms with van der Waals surface area (Å²) in [5.41, 5.74) is -0.807. The maximum Gasteiger partial charge on any atom is 0.363 e. The number of H-pyrrole nitrogens is 1. The van der Waals surface area contributed by atoms with Crippen LogP contribution in [0.15, 0.2) is 29.1 Å². The fourth-order valence-electron chi connectivity index (χ4n) is 1.78. The summed E-state index contributed by atoms with van der Waals surface area (Å²) in [7, 11) is 0. The Morgan fingerprint density at radius 1 is 1.35 bits per heavy atom. The average Bonchev–Trinajstić information content (AvgIpc) is 2.78. The first kappa shape index (κ1) is 9.46. The highest BCUT2D eigenvalue weighted by molar-refractivity contribution is 5.85. The topological polar surface area (TPSA) is 106 Å². The van der Waals surface area contributed by atoms with Crippen molar-refractivity contribution < 1.29 is 4.92 Å². The summed E-state index contributed by atoms with van der Waals surface area (Å²) in [6.45, 7) is 0. The third-order valence-corrected chi connectivity index (χ3v) is 2.50. The molecule has 8 heteroatoms. The number of fused-ring (bicyclic) bond motifs is 3. The number of nitrogens with one attached hydrogen (secondary N) is 1. The first-order valence-electron chi connectivity index (χ1n) is 4.69. The molecule has 1 N–H and O–H groups in total. The molecule has 0 bridgehead atoms. The zero-order valence-electron chi connectivity index (χ0n) is 8.32. The van der Waals surface area contributed by atoms with Gasteiger partial charge in [-0.25, -0.2) is 4.52 Å². The van der Waals surface area contributed by atoms with Crippen LogP contribution in [0.25, 0.3) is 16.6 Å². The van der Waals surface area contributed by atoms with E-state index in [0.29, 0.717) is 5.52 Å². The van der Waals surface area contributed by atoms with Crippen LogP contribution in [0.3, 0.4) is 0 Å². The number of hydrogen-bond donors (Lipinski definition) is 1. The van der Waals surface area contributed by atoms with E-state index in [9.17, 15) is 14.9 Å². The highest BCUT2D eigenvalue weighted by Gasteiger charge is 2.23. The number of aromatic amines is 1. The molecular formula is C9H5N5O3. The quantitative estimate of drug-likeness (QED) is 0.484. The summed E-state index contributed by atoms with van der Waals surface area (Å²) in [6.07, 6.45) is 0. The van der Waals surface area contributed by atoms with Gasteiger partial charge in [-0.05, 0) is 12.1 Å². The average molecular weight is 231 g/mol. The van der Waals surface area contributed by atoms with E-state index in [1.165, 1.54) is 10.6 Å². The number of hydrogen-bond acceptors (Lipinski definition) is 5. The highest BCUT2D eigenvalue weighted by Crippen LogP contribution is 2.18. The number of para-hydroxylation sites is 1. The van der Waals surface area contributed by atoms with Crippen LogP contribution in [0.1, 0.15) is 0 Å². The SMILES string of the molecule is O=c1c([N+](=O)[O-])c2nn[nH]n2c2ccccc12. The first-order valence-corrected chi connectivity index (χ1v) is 4.69. The molecule has 0 unspecified atom stereocenters. The van der Waals surface area contributed by atoms with Gasteiger partial charge in [-0.2, -0.15) is 5.21 Å². The van der Waals surface area contributed by atoms with Crippen LogP contribution in [0.5, 0.6) is 0 Å². The molecule has 2 heterocycles. The second kappa shape index (κ2) is 3.11. The van der Waals surface area contributed by atoms with E-state index < -0.39 is 16.0 Å². The maximum absolute atomic E-state index is 11.9. The van der Waals surface area contributed by atoms with Gasteiger partial charge in [0.1, 0.15) is 0 Å². The third-order valence-electron chi connectivity index (χ3n) is 2.50. The Bertz CT molecular complexity index is 803. The van der Waals surface area contributed by atoms with Crippen LogP contribution in [-0.2, 0) is 0 Å². The molecule has 84 valence electrons. The smallest absolute Gasteiger partial charge is 0.281 e. The van der Waals surface area contributed by atoms with E-state index >= 15 is 0 Å². The van der Waals surface area contributed by atoms with Gasteiger partial charge in [0, 0.05) is 0 Å². The van der Waals surface area contributed by atoms with Crippen molar-refractivity contribution in [1.29, 1.82) is 0 Å². The van der Waals surface area contributed by atoms with E-state index in [1.54, 1.807) is 18.2 Å². The van der Waals surface area contributed by atoms with Gasteiger partial charge >= 0.3 is 5.69 Å². The van der Waals surface area contributed by atoms with Crippen molar-refractivity contribution in [2.45, 2.75) is 0 Å². The van der Waals surface area contributed by atoms with Crippen LogP contribution >= 0.6 is 0 Å². The van der Waals surface area contributed by atoms with Gasteiger partial charge in [0.15, 0.2) is 0 Å². The van der Waals surface area contributed by atoms with E-state index in [2.05, 4.69) is 15.5 Å². The molecule has 8 nitrogen and oxygen atoms in total. The third kappa shape index (κ3) is 1.14. The number of rotatable bonds is 1. The molecule has 0 spiro atoms. The van der Waals surface area contributed by atoms with Crippen LogP contribution in [0.4, 0.5) is 5.69 Å². The number of pyridine rings is 1. The number of nitro groups is 1. The normalized spacial score (nSPS) is 11.1. The molecule has 3 rings (SSSR count). The molecule has 0 atom stereocenters. The summed E-state index contributed by atoms with van der Waals surface area (Å²) in [6, 6.07) is 6.55. The summed E-state index contributed by atoms with van der Waals surface area (Å²) in [5.74, 6) is 0. The summed E-state index contributed by atoms with van der Waals surface area (Å²) in [4.78, 5) is 22.1. The van der Waals surface area contributed by atoms with E-state index in [-0.39, 0.29) is 11.0 Å². The summed E-state index contributed by atoms with van der Waals surface area (Å²) in [5, 5.41) is 20.7. The van der Waals surface area contributed by atoms with E-state index in [4.69, 9.17) is 0 Å². The van der Waals surface area contributed by atoms with Gasteiger partial charge < -0.3 is 0 Å². The van der Waals surface area contributed by atoms with Crippen molar-refractivity contribution in [3.05, 3.63) is 44.6 Å². The van der Waals surface area contributed by atoms with Crippen molar-refractivity contribution in [2.24, 2.45) is 0 Å². The van der Waals surface area contributed by atoms with Crippen molar-refractivity contribution in [2.75, 3.05) is 0 Å². The molecule has 3 aromatic rings. The van der Waals surface area contributed by atoms with Crippen molar-refractivity contribution in [3.8, 4) is 0 Å². The molecule has 0 saturated carbocycles. The standard InChI is InChI=1S/C9H5N5O3/c15-8-5-3-1-2-4-6(5)13-9(10-11-12-13)7(8)14(16)17/h1-4H,(H,10,12). The Kier molecular flexibility index (Phi) is 1.73. The van der Waals surface area contributed by atoms with Gasteiger partial charge in [0.25, 0.3) is 11.1 Å². The van der Waals surface area contributed by atoms with E-state index in [1.807, 2.05) is 0 Å². The summed E-state index contributed by atoms with van der Waals surface area (Å²) < 4.78 is 1.31. The molecule has 17 heavy (non-hydrogen) atoms. The monoisotopic (exact) mass is 231 g/mol. The van der Waals surface area contributed by atoms with Crippen LogP contribution in [0.2, 0.25) is 0 Å². The van der Waals surface area contributed by atoms with Gasteiger partial charge in [0.05, 0.1) is 15.8 Å². The van der Waals surface area contributed by atoms with Gasteiger partial charge in [-0.15, -0.1) is 5.10 Å². The lowest BCUT2D eigenvalue weighted by Crippen LogP contribution is -2.12. The predicted molar refractivity (Wildman–Crippen MR) is 57.8 cm³/mol. The number of aromatic nitrogens is 4. The zero-order valence-corrected chi connectivity index (χ0v) is 8.32. The lowest BCUT2D eigenvalue weighted by molar-refractivity contribution is -0.384. The van der Waals surface area contributed by atoms with Crippen LogP contribution in [-0.4, -0.2) is 25.0 Å². The van der Waals surface area contributed by atoms with Gasteiger partial charge in [-0.3, -0.25) is 14.9 Å². The first-order chi connectivity index (χ1) is 8.20. The lowest BCUT2D eigenvalue weighted by Gasteiger charge is -1.99. The fraction of sp³-hybridized carbons (Fsp3) is 0. The number of nitrogens with zero attached hydrogens (tertiary/aromatic N) is 4. The Hall–Kier alpha value is -2.77. The number of tetrazole rings is 1. The second-order valence-corrected chi connectivity index (χ2v) is 3.41. The Balaban J connectivity index is 2.71. The van der Waals surface area contributed by atoms with Gasteiger partial charge in [-0.1, -0.05) is 17.3 Å². The Morgan fingerprint density at radius 2 is 2.12 bits per heavy atom. The second-order valence-electron chi connectivity index (χ2n) is 3.41. The van der Waals surface area contributed by atoms with Crippen LogP contribution in [0, 0.1) is 10.1 Å². The lowest BCUT2D eigenvalue weighted by atomic mass is 10.2. The van der Waals surface area contributed by atoms with Gasteiger partial charge in [0.2, 0.25) is 0 Å². The minimum atomic E-state index is -0.743. The van der Waals surface area contributed by atoms with Crippen LogP contribution < -0.4 is 5.43 Å². The van der Waals surface area contributed by atoms with E-state index in [0.717, 1.165) is 0 Å². The molecule has 0 fully saturated rings. The Labute approximate surface area is 92.6 Å². The zero-order chi connectivity index (χ0) is 12.0. The fourth-order valence-corrected chi connectivity index (χ4v) is 1.78. The highest BCUT2D eigenvalue weighted by atomic mass is 16.6. The predicted octanol–water partition coefficient (Wildman–Crippen LogP) is 0.479. The Morgan fingerprint density at radius 3 is 2.88 bits per heavy atom. The number of benzene rings is 1. The molecule has 2 aromatic heterocycles. The summed E-state index contributed by atoms with van der Waals surface area (Å²) >= 11 is 0. The minimum absolute atomic E-state index is 0.0845. The molecule has 0 radical (unpaired) electrons. The molecule has 0 amide bonds. The molecule has 0 aliphatic carbocycles. The minimum Gasteiger partial charge on any atom is -0.281 e. The molecule has 0 aliphatic heterocycles. The van der Waals surface area contributed by atoms with Crippen molar-refractivity contribution >= 4 is 22.2 Å². The van der Waals surface area contributed by atoms with Crippen molar-refractivity contribution in [3.63, 3.8) is 0 Å². The molecule has 0 aliphatic rings. The van der Waals surface area contributed by atoms with Crippen molar-refractivity contribution in [1.82, 2.24) is 20.0 Å².